The number of benzene rings is 1. The number of rotatable bonds is 3. The van der Waals surface area contributed by atoms with E-state index in [4.69, 9.17) is 0 Å². The Morgan fingerprint density at radius 3 is 2.20 bits per heavy atom. The second-order valence-corrected chi connectivity index (χ2v) is 3.97. The molecule has 0 N–H and O–H groups in total. The second-order valence-electron chi connectivity index (χ2n) is 3.97. The van der Waals surface area contributed by atoms with Crippen LogP contribution >= 0.6 is 0 Å². The SMILES string of the molecule is F[B-](F)(F)[C@H]1C[C@H]1Cc1ccccc1.[K+]. The first-order chi connectivity index (χ1) is 6.57. The summed E-state index contributed by atoms with van der Waals surface area (Å²) in [6.45, 7) is -4.60. The maximum absolute atomic E-state index is 12.3. The van der Waals surface area contributed by atoms with E-state index >= 15 is 0 Å². The van der Waals surface area contributed by atoms with Crippen molar-refractivity contribution in [3.63, 3.8) is 0 Å². The van der Waals surface area contributed by atoms with Crippen LogP contribution in [0.2, 0.25) is 5.82 Å². The van der Waals surface area contributed by atoms with Crippen LogP contribution in [0.15, 0.2) is 30.3 Å². The Balaban J connectivity index is 0.00000112. The van der Waals surface area contributed by atoms with E-state index in [1.165, 1.54) is 0 Å². The molecule has 5 heteroatoms. The molecule has 0 bridgehead atoms. The third-order valence-corrected chi connectivity index (χ3v) is 2.80. The molecule has 1 aliphatic carbocycles. The Hall–Kier alpha value is 0.711. The van der Waals surface area contributed by atoms with Crippen LogP contribution in [-0.4, -0.2) is 6.98 Å². The van der Waals surface area contributed by atoms with E-state index in [2.05, 4.69) is 0 Å². The normalized spacial score (nSPS) is 24.5. The minimum absolute atomic E-state index is 0. The zero-order chi connectivity index (χ0) is 10.2. The van der Waals surface area contributed by atoms with Crippen LogP contribution in [0.3, 0.4) is 0 Å². The molecule has 1 aliphatic rings. The fourth-order valence-electron chi connectivity index (χ4n) is 1.89. The number of hydrogen-bond acceptors (Lipinski definition) is 0. The molecule has 0 aliphatic heterocycles. The van der Waals surface area contributed by atoms with Gasteiger partial charge in [-0.3, -0.25) is 0 Å². The van der Waals surface area contributed by atoms with Crippen molar-refractivity contribution in [1.29, 1.82) is 0 Å². The molecule has 1 aromatic carbocycles. The average Bonchev–Trinajstić information content (AvgIpc) is 2.85. The molecule has 76 valence electrons. The van der Waals surface area contributed by atoms with Crippen molar-refractivity contribution in [3.05, 3.63) is 35.9 Å². The van der Waals surface area contributed by atoms with Crippen LogP contribution in [0.4, 0.5) is 12.9 Å². The van der Waals surface area contributed by atoms with E-state index in [0.717, 1.165) is 5.56 Å². The van der Waals surface area contributed by atoms with Crippen LogP contribution in [0.5, 0.6) is 0 Å². The molecule has 0 aromatic heterocycles. The van der Waals surface area contributed by atoms with Gasteiger partial charge in [0.15, 0.2) is 0 Å². The summed E-state index contributed by atoms with van der Waals surface area (Å²) in [5.41, 5.74) is 1.01. The van der Waals surface area contributed by atoms with Crippen LogP contribution in [0.25, 0.3) is 0 Å². The largest absolute Gasteiger partial charge is 1.00 e. The zero-order valence-corrected chi connectivity index (χ0v) is 11.8. The third kappa shape index (κ3) is 3.89. The summed E-state index contributed by atoms with van der Waals surface area (Å²) in [5, 5.41) is 0. The molecule has 1 fully saturated rings. The van der Waals surface area contributed by atoms with Gasteiger partial charge in [-0.15, -0.1) is 0 Å². The van der Waals surface area contributed by atoms with Crippen LogP contribution < -0.4 is 51.4 Å². The van der Waals surface area contributed by atoms with Gasteiger partial charge < -0.3 is 12.9 Å². The maximum atomic E-state index is 12.3. The Kier molecular flexibility index (Phi) is 4.92. The van der Waals surface area contributed by atoms with E-state index < -0.39 is 12.8 Å². The predicted octanol–water partition coefficient (Wildman–Crippen LogP) is 0.471. The van der Waals surface area contributed by atoms with E-state index in [9.17, 15) is 12.9 Å². The first-order valence-corrected chi connectivity index (χ1v) is 4.81. The van der Waals surface area contributed by atoms with Crippen molar-refractivity contribution >= 4 is 6.98 Å². The van der Waals surface area contributed by atoms with Gasteiger partial charge in [-0.25, -0.2) is 0 Å². The third-order valence-electron chi connectivity index (χ3n) is 2.80. The monoisotopic (exact) mass is 238 g/mol. The summed E-state index contributed by atoms with van der Waals surface area (Å²) in [7, 11) is 0. The molecule has 0 nitrogen and oxygen atoms in total. The van der Waals surface area contributed by atoms with Crippen LogP contribution in [0.1, 0.15) is 12.0 Å². The Labute approximate surface area is 130 Å². The van der Waals surface area contributed by atoms with Crippen molar-refractivity contribution in [2.45, 2.75) is 18.7 Å². The molecule has 0 spiro atoms. The van der Waals surface area contributed by atoms with Gasteiger partial charge in [0, 0.05) is 0 Å². The first kappa shape index (κ1) is 13.8. The summed E-state index contributed by atoms with van der Waals surface area (Å²) >= 11 is 0. The molecule has 0 heterocycles. The molecular formula is C10H11BF3K. The van der Waals surface area contributed by atoms with Gasteiger partial charge in [-0.05, 0) is 12.0 Å². The molecule has 0 unspecified atom stereocenters. The van der Waals surface area contributed by atoms with Crippen LogP contribution in [-0.2, 0) is 6.42 Å². The fraction of sp³-hybridized carbons (Fsp3) is 0.400. The Bertz CT molecular complexity index is 312. The fourth-order valence-corrected chi connectivity index (χ4v) is 1.89. The Morgan fingerprint density at radius 1 is 1.13 bits per heavy atom. The van der Waals surface area contributed by atoms with Crippen LogP contribution in [0, 0.1) is 5.92 Å². The van der Waals surface area contributed by atoms with E-state index in [0.29, 0.717) is 12.8 Å². The number of hydrogen-bond donors (Lipinski definition) is 0. The summed E-state index contributed by atoms with van der Waals surface area (Å²) < 4.78 is 36.8. The Morgan fingerprint density at radius 2 is 1.73 bits per heavy atom. The molecule has 2 atom stereocenters. The minimum Gasteiger partial charge on any atom is -0.449 e. The standard InChI is InChI=1S/C10H11BF3.K/c12-11(13,14)10-7-9(10)6-8-4-2-1-3-5-8;/h1-5,9-10H,6-7H2;/q-1;+1/t9-,10+;/m1./s1. The van der Waals surface area contributed by atoms with Gasteiger partial charge in [0.25, 0.3) is 0 Å². The molecule has 0 amide bonds. The van der Waals surface area contributed by atoms with Gasteiger partial charge in [0.1, 0.15) is 0 Å². The zero-order valence-electron chi connectivity index (χ0n) is 8.67. The molecule has 2 rings (SSSR count). The summed E-state index contributed by atoms with van der Waals surface area (Å²) in [6.07, 6.45) is 0.908. The summed E-state index contributed by atoms with van der Waals surface area (Å²) in [5.74, 6) is -1.15. The molecule has 0 radical (unpaired) electrons. The van der Waals surface area contributed by atoms with Crippen molar-refractivity contribution in [1.82, 2.24) is 0 Å². The average molecular weight is 238 g/mol. The summed E-state index contributed by atoms with van der Waals surface area (Å²) in [4.78, 5) is 0. The van der Waals surface area contributed by atoms with Crippen molar-refractivity contribution in [3.8, 4) is 0 Å². The molecule has 1 aromatic rings. The van der Waals surface area contributed by atoms with Gasteiger partial charge in [-0.2, -0.15) is 0 Å². The van der Waals surface area contributed by atoms with Gasteiger partial charge >= 0.3 is 58.4 Å². The van der Waals surface area contributed by atoms with E-state index in [1.54, 1.807) is 0 Å². The van der Waals surface area contributed by atoms with E-state index in [1.807, 2.05) is 30.3 Å². The maximum Gasteiger partial charge on any atom is 1.00 e. The molecule has 0 saturated heterocycles. The molecular weight excluding hydrogens is 227 g/mol. The van der Waals surface area contributed by atoms with Gasteiger partial charge in [-0.1, -0.05) is 48.5 Å². The molecule has 15 heavy (non-hydrogen) atoms. The van der Waals surface area contributed by atoms with Gasteiger partial charge in [0.05, 0.1) is 0 Å². The predicted molar refractivity (Wildman–Crippen MR) is 51.1 cm³/mol. The first-order valence-electron chi connectivity index (χ1n) is 4.81. The quantitative estimate of drug-likeness (QED) is 0.671. The number of halogens is 3. The molecule has 1 saturated carbocycles. The van der Waals surface area contributed by atoms with Crippen molar-refractivity contribution in [2.75, 3.05) is 0 Å². The smallest absolute Gasteiger partial charge is 0.449 e. The topological polar surface area (TPSA) is 0 Å². The van der Waals surface area contributed by atoms with Gasteiger partial charge in [0.2, 0.25) is 0 Å². The summed E-state index contributed by atoms with van der Waals surface area (Å²) in [6, 6.07) is 9.38. The second kappa shape index (κ2) is 5.36. The van der Waals surface area contributed by atoms with Crippen molar-refractivity contribution in [2.24, 2.45) is 5.92 Å². The van der Waals surface area contributed by atoms with E-state index in [-0.39, 0.29) is 57.3 Å². The van der Waals surface area contributed by atoms with Crippen molar-refractivity contribution < 1.29 is 64.3 Å². The minimum atomic E-state index is -4.60.